The normalized spacial score (nSPS) is 13.5. The lowest BCUT2D eigenvalue weighted by Gasteiger charge is -2.36. The van der Waals surface area contributed by atoms with Crippen molar-refractivity contribution in [3.8, 4) is 22.7 Å². The highest BCUT2D eigenvalue weighted by Crippen LogP contribution is 2.28. The smallest absolute Gasteiger partial charge is 0.269 e. The molecule has 0 atom stereocenters. The van der Waals surface area contributed by atoms with Crippen molar-refractivity contribution in [3.63, 3.8) is 0 Å². The van der Waals surface area contributed by atoms with Crippen LogP contribution < -0.4 is 9.64 Å². The molecule has 1 aliphatic rings. The summed E-state index contributed by atoms with van der Waals surface area (Å²) in [5.74, 6) is 0.655. The second-order valence-electron chi connectivity index (χ2n) is 8.45. The number of carbonyl (C=O) groups excluding carboxylic acids is 1. The summed E-state index contributed by atoms with van der Waals surface area (Å²) in [5, 5.41) is 15.7. The standard InChI is InChI=1S/C27H25N5O4/c1-36-24-13-7-20(8-14-24)26-25(19-31(28-26)22-5-3-2-4-6-22)27(33)30-17-15-29(16-18-30)21-9-11-23(12-10-21)32(34)35/h2-14,19H,15-18H2,1H3. The number of piperazine rings is 1. The first-order valence-corrected chi connectivity index (χ1v) is 11.6. The number of benzene rings is 3. The van der Waals surface area contributed by atoms with E-state index < -0.39 is 4.92 Å². The monoisotopic (exact) mass is 483 g/mol. The number of hydrogen-bond acceptors (Lipinski definition) is 6. The number of nitro groups is 1. The number of aromatic nitrogens is 2. The fraction of sp³-hybridized carbons (Fsp3) is 0.185. The van der Waals surface area contributed by atoms with Gasteiger partial charge in [0.05, 0.1) is 23.3 Å². The van der Waals surface area contributed by atoms with E-state index >= 15 is 0 Å². The van der Waals surface area contributed by atoms with Gasteiger partial charge < -0.3 is 14.5 Å². The second-order valence-corrected chi connectivity index (χ2v) is 8.45. The topological polar surface area (TPSA) is 93.7 Å². The van der Waals surface area contributed by atoms with Crippen molar-refractivity contribution < 1.29 is 14.5 Å². The Morgan fingerprint density at radius 2 is 1.56 bits per heavy atom. The van der Waals surface area contributed by atoms with Gasteiger partial charge in [-0.05, 0) is 48.5 Å². The Labute approximate surface area is 208 Å². The number of ether oxygens (including phenoxy) is 1. The maximum absolute atomic E-state index is 13.7. The Morgan fingerprint density at radius 1 is 0.889 bits per heavy atom. The molecule has 1 aromatic heterocycles. The van der Waals surface area contributed by atoms with Crippen molar-refractivity contribution in [3.05, 3.63) is 101 Å². The van der Waals surface area contributed by atoms with E-state index in [1.165, 1.54) is 12.1 Å². The van der Waals surface area contributed by atoms with Crippen LogP contribution in [-0.4, -0.2) is 58.8 Å². The molecule has 1 fully saturated rings. The average Bonchev–Trinajstić information content (AvgIpc) is 3.39. The van der Waals surface area contributed by atoms with Crippen molar-refractivity contribution in [1.29, 1.82) is 0 Å². The van der Waals surface area contributed by atoms with Crippen LogP contribution in [-0.2, 0) is 0 Å². The molecule has 9 nitrogen and oxygen atoms in total. The van der Waals surface area contributed by atoms with Crippen molar-refractivity contribution in [2.75, 3.05) is 38.2 Å². The number of nitro benzene ring substituents is 1. The first-order chi connectivity index (χ1) is 17.5. The molecule has 0 unspecified atom stereocenters. The van der Waals surface area contributed by atoms with Gasteiger partial charge in [-0.15, -0.1) is 0 Å². The number of amides is 1. The van der Waals surface area contributed by atoms with E-state index in [-0.39, 0.29) is 11.6 Å². The molecule has 0 saturated carbocycles. The lowest BCUT2D eigenvalue weighted by atomic mass is 10.1. The zero-order valence-electron chi connectivity index (χ0n) is 19.8. The highest BCUT2D eigenvalue weighted by atomic mass is 16.6. The van der Waals surface area contributed by atoms with Crippen LogP contribution in [0.1, 0.15) is 10.4 Å². The zero-order chi connectivity index (χ0) is 25.1. The fourth-order valence-corrected chi connectivity index (χ4v) is 4.33. The molecule has 9 heteroatoms. The lowest BCUT2D eigenvalue weighted by molar-refractivity contribution is -0.384. The Balaban J connectivity index is 1.38. The molecule has 182 valence electrons. The first-order valence-electron chi connectivity index (χ1n) is 11.6. The van der Waals surface area contributed by atoms with E-state index in [1.807, 2.05) is 59.5 Å². The van der Waals surface area contributed by atoms with Crippen molar-refractivity contribution in [2.45, 2.75) is 0 Å². The van der Waals surface area contributed by atoms with Gasteiger partial charge in [-0.2, -0.15) is 5.10 Å². The van der Waals surface area contributed by atoms with Gasteiger partial charge in [0.25, 0.3) is 11.6 Å². The summed E-state index contributed by atoms with van der Waals surface area (Å²) in [7, 11) is 1.62. The second kappa shape index (κ2) is 9.91. The molecule has 1 aliphatic heterocycles. The number of methoxy groups -OCH3 is 1. The number of hydrogen-bond donors (Lipinski definition) is 0. The van der Waals surface area contributed by atoms with E-state index in [0.717, 1.165) is 22.7 Å². The number of rotatable bonds is 6. The summed E-state index contributed by atoms with van der Waals surface area (Å²) in [6.45, 7) is 2.34. The fourth-order valence-electron chi connectivity index (χ4n) is 4.33. The van der Waals surface area contributed by atoms with Gasteiger partial charge >= 0.3 is 0 Å². The van der Waals surface area contributed by atoms with Gasteiger partial charge in [0.1, 0.15) is 11.4 Å². The molecule has 2 heterocycles. The van der Waals surface area contributed by atoms with Crippen molar-refractivity contribution >= 4 is 17.3 Å². The van der Waals surface area contributed by atoms with Gasteiger partial charge in [-0.1, -0.05) is 18.2 Å². The predicted octanol–water partition coefficient (Wildman–Crippen LogP) is 4.42. The van der Waals surface area contributed by atoms with Crippen LogP contribution in [0.5, 0.6) is 5.75 Å². The molecule has 1 saturated heterocycles. The minimum atomic E-state index is -0.406. The summed E-state index contributed by atoms with van der Waals surface area (Å²) < 4.78 is 7.01. The maximum atomic E-state index is 13.7. The van der Waals surface area contributed by atoms with Crippen LogP contribution in [0.15, 0.2) is 85.1 Å². The van der Waals surface area contributed by atoms with E-state index in [0.29, 0.717) is 37.4 Å². The summed E-state index contributed by atoms with van der Waals surface area (Å²) >= 11 is 0. The van der Waals surface area contributed by atoms with E-state index in [4.69, 9.17) is 9.84 Å². The van der Waals surface area contributed by atoms with E-state index in [2.05, 4.69) is 4.90 Å². The van der Waals surface area contributed by atoms with Gasteiger partial charge in [-0.25, -0.2) is 4.68 Å². The van der Waals surface area contributed by atoms with Gasteiger partial charge in [0.2, 0.25) is 0 Å². The number of nitrogens with zero attached hydrogens (tertiary/aromatic N) is 5. The number of anilines is 1. The van der Waals surface area contributed by atoms with Crippen LogP contribution in [0.4, 0.5) is 11.4 Å². The predicted molar refractivity (Wildman–Crippen MR) is 137 cm³/mol. The summed E-state index contributed by atoms with van der Waals surface area (Å²) in [6, 6.07) is 23.7. The molecule has 0 spiro atoms. The van der Waals surface area contributed by atoms with E-state index in [9.17, 15) is 14.9 Å². The molecular formula is C27H25N5O4. The molecule has 36 heavy (non-hydrogen) atoms. The molecule has 1 amide bonds. The van der Waals surface area contributed by atoms with Crippen LogP contribution in [0.3, 0.4) is 0 Å². The number of non-ortho nitro benzene ring substituents is 1. The molecule has 4 aromatic rings. The van der Waals surface area contributed by atoms with Crippen LogP contribution >= 0.6 is 0 Å². The molecule has 5 rings (SSSR count). The van der Waals surface area contributed by atoms with Crippen molar-refractivity contribution in [2.24, 2.45) is 0 Å². The molecule has 0 radical (unpaired) electrons. The lowest BCUT2D eigenvalue weighted by Crippen LogP contribution is -2.48. The SMILES string of the molecule is COc1ccc(-c2nn(-c3ccccc3)cc2C(=O)N2CCN(c3ccc([N+](=O)[O-])cc3)CC2)cc1. The number of carbonyl (C=O) groups is 1. The Hall–Kier alpha value is -4.66. The summed E-state index contributed by atoms with van der Waals surface area (Å²) in [6.07, 6.45) is 1.79. The first kappa shape index (κ1) is 23.1. The molecule has 0 N–H and O–H groups in total. The van der Waals surface area contributed by atoms with Crippen LogP contribution in [0, 0.1) is 10.1 Å². The molecular weight excluding hydrogens is 458 g/mol. The highest BCUT2D eigenvalue weighted by Gasteiger charge is 2.27. The highest BCUT2D eigenvalue weighted by molar-refractivity contribution is 6.00. The molecule has 0 aliphatic carbocycles. The number of para-hydroxylation sites is 1. The maximum Gasteiger partial charge on any atom is 0.269 e. The minimum absolute atomic E-state index is 0.0639. The largest absolute Gasteiger partial charge is 0.497 e. The zero-order valence-corrected chi connectivity index (χ0v) is 19.8. The quantitative estimate of drug-likeness (QED) is 0.298. The summed E-state index contributed by atoms with van der Waals surface area (Å²) in [5.41, 5.74) is 3.82. The van der Waals surface area contributed by atoms with Crippen LogP contribution in [0.25, 0.3) is 16.9 Å². The van der Waals surface area contributed by atoms with Gasteiger partial charge in [0.15, 0.2) is 0 Å². The average molecular weight is 484 g/mol. The van der Waals surface area contributed by atoms with Gasteiger partial charge in [-0.3, -0.25) is 14.9 Å². The Kier molecular flexibility index (Phi) is 6.36. The van der Waals surface area contributed by atoms with Gasteiger partial charge in [0, 0.05) is 55.8 Å². The third-order valence-electron chi connectivity index (χ3n) is 6.32. The van der Waals surface area contributed by atoms with E-state index in [1.54, 1.807) is 30.1 Å². The molecule has 0 bridgehead atoms. The summed E-state index contributed by atoms with van der Waals surface area (Å²) in [4.78, 5) is 28.2. The molecule has 3 aromatic carbocycles. The Bertz CT molecular complexity index is 1360. The van der Waals surface area contributed by atoms with Crippen molar-refractivity contribution in [1.82, 2.24) is 14.7 Å². The minimum Gasteiger partial charge on any atom is -0.497 e. The Morgan fingerprint density at radius 3 is 2.17 bits per heavy atom. The van der Waals surface area contributed by atoms with Crippen LogP contribution in [0.2, 0.25) is 0 Å². The third-order valence-corrected chi connectivity index (χ3v) is 6.32. The third kappa shape index (κ3) is 4.63.